The number of carbonyl (C=O) groups is 3. The number of amides is 2. The van der Waals surface area contributed by atoms with Gasteiger partial charge < -0.3 is 15.0 Å². The van der Waals surface area contributed by atoms with E-state index in [-0.39, 0.29) is 35.8 Å². The molecule has 0 aliphatic heterocycles. The molecule has 1 saturated carbocycles. The van der Waals surface area contributed by atoms with Crippen LogP contribution in [0.15, 0.2) is 42.6 Å². The Kier molecular flexibility index (Phi) is 9.26. The van der Waals surface area contributed by atoms with E-state index in [1.165, 1.54) is 35.0 Å². The van der Waals surface area contributed by atoms with Gasteiger partial charge in [-0.25, -0.2) is 0 Å². The third-order valence-electron chi connectivity index (χ3n) is 7.65. The average Bonchev–Trinajstić information content (AvgIpc) is 3.36. The maximum Gasteiger partial charge on any atom is 0.416 e. The van der Waals surface area contributed by atoms with Gasteiger partial charge in [-0.3, -0.25) is 19.1 Å². The molecule has 1 atom stereocenters. The predicted octanol–water partition coefficient (Wildman–Crippen LogP) is 5.31. The van der Waals surface area contributed by atoms with Crippen LogP contribution in [0, 0.1) is 11.8 Å². The van der Waals surface area contributed by atoms with Gasteiger partial charge in [0.05, 0.1) is 41.5 Å². The molecule has 1 aromatic heterocycles. The number of aromatic nitrogens is 2. The summed E-state index contributed by atoms with van der Waals surface area (Å²) in [6.45, 7) is 0.142. The first-order chi connectivity index (χ1) is 19.4. The summed E-state index contributed by atoms with van der Waals surface area (Å²) in [5, 5.41) is 8.07. The Hall–Kier alpha value is -3.60. The van der Waals surface area contributed by atoms with Gasteiger partial charge in [0.25, 0.3) is 5.91 Å². The summed E-state index contributed by atoms with van der Waals surface area (Å²) >= 11 is 6.48. The number of rotatable bonds is 8. The number of nitrogens with one attached hydrogen (secondary N) is 1. The van der Waals surface area contributed by atoms with Crippen LogP contribution in [0.3, 0.4) is 0 Å². The lowest BCUT2D eigenvalue weighted by Gasteiger charge is -2.34. The number of halogens is 4. The van der Waals surface area contributed by atoms with E-state index in [9.17, 15) is 27.6 Å². The van der Waals surface area contributed by atoms with Gasteiger partial charge in [0.2, 0.25) is 5.91 Å². The van der Waals surface area contributed by atoms with Crippen molar-refractivity contribution in [1.82, 2.24) is 20.0 Å². The van der Waals surface area contributed by atoms with Gasteiger partial charge in [0.1, 0.15) is 6.04 Å². The van der Waals surface area contributed by atoms with Crippen LogP contribution in [-0.2, 0) is 27.0 Å². The van der Waals surface area contributed by atoms with Crippen molar-refractivity contribution in [1.29, 1.82) is 0 Å². The Morgan fingerprint density at radius 3 is 2.34 bits per heavy atom. The van der Waals surface area contributed by atoms with E-state index in [1.54, 1.807) is 26.2 Å². The molecule has 1 heterocycles. The van der Waals surface area contributed by atoms with Crippen LogP contribution in [0.2, 0.25) is 5.02 Å². The Morgan fingerprint density at radius 2 is 1.76 bits per heavy atom. The van der Waals surface area contributed by atoms with E-state index in [1.807, 2.05) is 0 Å². The Labute approximate surface area is 240 Å². The number of hydrogen-bond acceptors (Lipinski definition) is 5. The molecule has 8 nitrogen and oxygen atoms in total. The smallest absolute Gasteiger partial charge is 0.416 e. The van der Waals surface area contributed by atoms with Gasteiger partial charge >= 0.3 is 12.1 Å². The van der Waals surface area contributed by atoms with E-state index < -0.39 is 23.7 Å². The number of esters is 1. The molecule has 0 unspecified atom stereocenters. The molecule has 0 saturated heterocycles. The molecule has 2 aromatic carbocycles. The zero-order valence-corrected chi connectivity index (χ0v) is 23.8. The SMILES string of the molecule is COC(=O)CC1CCC([C@@H](NC(=O)c2ccc(Cl)c3c2cnn3Cc2ccc(C(F)(F)F)cc2)C(=O)N(C)C)CC1. The number of nitrogens with zero attached hydrogens (tertiary/aromatic N) is 3. The molecule has 220 valence electrons. The first kappa shape index (κ1) is 30.4. The van der Waals surface area contributed by atoms with E-state index in [2.05, 4.69) is 10.4 Å². The van der Waals surface area contributed by atoms with Crippen LogP contribution < -0.4 is 5.32 Å². The zero-order valence-electron chi connectivity index (χ0n) is 23.0. The second-order valence-corrected chi connectivity index (χ2v) is 11.0. The number of ether oxygens (including phenoxy) is 1. The van der Waals surface area contributed by atoms with Crippen molar-refractivity contribution in [2.45, 2.75) is 50.9 Å². The number of alkyl halides is 3. The van der Waals surface area contributed by atoms with Gasteiger partial charge in [-0.1, -0.05) is 23.7 Å². The minimum atomic E-state index is -4.43. The third-order valence-corrected chi connectivity index (χ3v) is 7.95. The second-order valence-electron chi connectivity index (χ2n) is 10.6. The highest BCUT2D eigenvalue weighted by atomic mass is 35.5. The maximum absolute atomic E-state index is 13.6. The van der Waals surface area contributed by atoms with E-state index in [4.69, 9.17) is 16.3 Å². The van der Waals surface area contributed by atoms with Crippen molar-refractivity contribution in [3.8, 4) is 0 Å². The molecule has 0 bridgehead atoms. The predicted molar refractivity (Wildman–Crippen MR) is 147 cm³/mol. The normalized spacial score (nSPS) is 18.1. The van der Waals surface area contributed by atoms with Crippen molar-refractivity contribution in [2.24, 2.45) is 11.8 Å². The number of carbonyl (C=O) groups excluding carboxylic acids is 3. The molecular formula is C29H32ClF3N4O4. The number of benzene rings is 2. The van der Waals surface area contributed by atoms with Gasteiger partial charge in [-0.05, 0) is 67.3 Å². The van der Waals surface area contributed by atoms with Gasteiger partial charge in [0.15, 0.2) is 0 Å². The van der Waals surface area contributed by atoms with Crippen molar-refractivity contribution in [3.63, 3.8) is 0 Å². The molecule has 3 aromatic rings. The molecule has 2 amide bonds. The molecule has 0 spiro atoms. The summed E-state index contributed by atoms with van der Waals surface area (Å²) in [5.41, 5.74) is 0.563. The fourth-order valence-corrected chi connectivity index (χ4v) is 5.64. The minimum absolute atomic E-state index is 0.104. The van der Waals surface area contributed by atoms with Gasteiger partial charge in [-0.15, -0.1) is 0 Å². The average molecular weight is 593 g/mol. The van der Waals surface area contributed by atoms with Crippen LogP contribution in [0.25, 0.3) is 10.9 Å². The number of methoxy groups -OCH3 is 1. The van der Waals surface area contributed by atoms with E-state index in [0.717, 1.165) is 25.0 Å². The standard InChI is InChI=1S/C29H32ClF3N4O4/c1-36(2)28(40)25(19-8-4-17(5-9-19)14-24(38)41-3)35-27(39)21-12-13-23(30)26-22(21)15-34-37(26)16-18-6-10-20(11-7-18)29(31,32)33/h6-7,10-13,15,17,19,25H,4-5,8-9,14,16H2,1-3H3,(H,35,39)/t17?,19?,25-/m1/s1. The Balaban J connectivity index is 1.55. The fraction of sp³-hybridized carbons (Fsp3) is 0.448. The first-order valence-electron chi connectivity index (χ1n) is 13.3. The Morgan fingerprint density at radius 1 is 1.10 bits per heavy atom. The van der Waals surface area contributed by atoms with Crippen LogP contribution in [-0.4, -0.2) is 59.7 Å². The molecule has 1 aliphatic rings. The monoisotopic (exact) mass is 592 g/mol. The highest BCUT2D eigenvalue weighted by molar-refractivity contribution is 6.35. The number of fused-ring (bicyclic) bond motifs is 1. The van der Waals surface area contributed by atoms with E-state index in [0.29, 0.717) is 40.8 Å². The van der Waals surface area contributed by atoms with Crippen LogP contribution >= 0.6 is 11.6 Å². The quantitative estimate of drug-likeness (QED) is 0.358. The molecule has 12 heteroatoms. The summed E-state index contributed by atoms with van der Waals surface area (Å²) in [4.78, 5) is 39.9. The third kappa shape index (κ3) is 7.01. The fourth-order valence-electron chi connectivity index (χ4n) is 5.37. The first-order valence-corrected chi connectivity index (χ1v) is 13.7. The molecule has 41 heavy (non-hydrogen) atoms. The van der Waals surface area contributed by atoms with Crippen LogP contribution in [0.4, 0.5) is 13.2 Å². The highest BCUT2D eigenvalue weighted by Crippen LogP contribution is 2.34. The lowest BCUT2D eigenvalue weighted by atomic mass is 9.77. The molecule has 1 N–H and O–H groups in total. The van der Waals surface area contributed by atoms with Crippen molar-refractivity contribution < 1.29 is 32.3 Å². The lowest BCUT2D eigenvalue weighted by molar-refractivity contribution is -0.142. The van der Waals surface area contributed by atoms with Crippen molar-refractivity contribution in [3.05, 3.63) is 64.3 Å². The van der Waals surface area contributed by atoms with E-state index >= 15 is 0 Å². The summed E-state index contributed by atoms with van der Waals surface area (Å²) < 4.78 is 45.1. The van der Waals surface area contributed by atoms with Crippen LogP contribution in [0.1, 0.15) is 53.6 Å². The zero-order chi connectivity index (χ0) is 29.9. The largest absolute Gasteiger partial charge is 0.469 e. The maximum atomic E-state index is 13.6. The summed E-state index contributed by atoms with van der Waals surface area (Å²) in [5.74, 6) is -0.868. The van der Waals surface area contributed by atoms with Crippen molar-refractivity contribution >= 4 is 40.3 Å². The molecule has 1 fully saturated rings. The summed E-state index contributed by atoms with van der Waals surface area (Å²) in [7, 11) is 4.63. The van der Waals surface area contributed by atoms with Crippen molar-refractivity contribution in [2.75, 3.05) is 21.2 Å². The minimum Gasteiger partial charge on any atom is -0.469 e. The lowest BCUT2D eigenvalue weighted by Crippen LogP contribution is -2.51. The second kappa shape index (κ2) is 12.5. The highest BCUT2D eigenvalue weighted by Gasteiger charge is 2.35. The topological polar surface area (TPSA) is 93.5 Å². The number of likely N-dealkylation sites (N-methyl/N-ethyl adjacent to an activating group) is 1. The Bertz CT molecular complexity index is 1410. The molecular weight excluding hydrogens is 561 g/mol. The number of hydrogen-bond donors (Lipinski definition) is 1. The van der Waals surface area contributed by atoms with Gasteiger partial charge in [0, 0.05) is 25.9 Å². The summed E-state index contributed by atoms with van der Waals surface area (Å²) in [6, 6.07) is 7.12. The van der Waals surface area contributed by atoms with Crippen LogP contribution in [0.5, 0.6) is 0 Å². The molecule has 4 rings (SSSR count). The molecule has 0 radical (unpaired) electrons. The summed E-state index contributed by atoms with van der Waals surface area (Å²) in [6.07, 6.45) is 0.225. The van der Waals surface area contributed by atoms with Gasteiger partial charge in [-0.2, -0.15) is 18.3 Å². The molecule has 1 aliphatic carbocycles.